The average Bonchev–Trinajstić information content (AvgIpc) is 3.16. The van der Waals surface area contributed by atoms with Gasteiger partial charge in [0.25, 0.3) is 0 Å². The largest absolute Gasteiger partial charge is 0.395 e. The lowest BCUT2D eigenvalue weighted by molar-refractivity contribution is 0.146. The second-order valence-electron chi connectivity index (χ2n) is 5.67. The van der Waals surface area contributed by atoms with Gasteiger partial charge in [0.2, 0.25) is 0 Å². The third kappa shape index (κ3) is 3.34. The van der Waals surface area contributed by atoms with Gasteiger partial charge < -0.3 is 9.67 Å². The molecule has 0 radical (unpaired) electrons. The summed E-state index contributed by atoms with van der Waals surface area (Å²) in [4.78, 5) is 6.51. The summed E-state index contributed by atoms with van der Waals surface area (Å²) in [5, 5.41) is 9.37. The maximum atomic E-state index is 9.37. The summed E-state index contributed by atoms with van der Waals surface area (Å²) >= 11 is 0. The molecule has 0 amide bonds. The maximum Gasteiger partial charge on any atom is 0.0945 e. The van der Waals surface area contributed by atoms with E-state index in [4.69, 9.17) is 0 Å². The van der Waals surface area contributed by atoms with Gasteiger partial charge in [-0.15, -0.1) is 0 Å². The number of benzene rings is 1. The van der Waals surface area contributed by atoms with Crippen molar-refractivity contribution in [2.75, 3.05) is 19.7 Å². The van der Waals surface area contributed by atoms with E-state index in [-0.39, 0.29) is 6.61 Å². The van der Waals surface area contributed by atoms with Gasteiger partial charge in [0.15, 0.2) is 0 Å². The van der Waals surface area contributed by atoms with Crippen LogP contribution in [0.25, 0.3) is 0 Å². The zero-order valence-corrected chi connectivity index (χ0v) is 12.4. The zero-order chi connectivity index (χ0) is 14.5. The topological polar surface area (TPSA) is 41.3 Å². The number of aromatic nitrogens is 2. The van der Waals surface area contributed by atoms with Crippen LogP contribution in [0.3, 0.4) is 0 Å². The highest BCUT2D eigenvalue weighted by Gasteiger charge is 2.26. The molecule has 0 spiro atoms. The monoisotopic (exact) mass is 285 g/mol. The summed E-state index contributed by atoms with van der Waals surface area (Å²) in [5.41, 5.74) is 2.92. The SMILES string of the molecule is OCCN(CCCn1ccnc1)C1CCc2ccccc21. The first-order valence-corrected chi connectivity index (χ1v) is 7.77. The molecule has 0 aliphatic heterocycles. The lowest BCUT2D eigenvalue weighted by atomic mass is 10.1. The van der Waals surface area contributed by atoms with E-state index in [1.165, 1.54) is 17.5 Å². The Labute approximate surface area is 126 Å². The van der Waals surface area contributed by atoms with E-state index in [2.05, 4.69) is 38.7 Å². The molecule has 1 heterocycles. The number of aryl methyl sites for hydroxylation is 2. The highest BCUT2D eigenvalue weighted by atomic mass is 16.3. The minimum absolute atomic E-state index is 0.226. The normalized spacial score (nSPS) is 17.3. The summed E-state index contributed by atoms with van der Waals surface area (Å²) in [6, 6.07) is 9.19. The molecule has 1 N–H and O–H groups in total. The molecule has 4 heteroatoms. The molecule has 1 aromatic carbocycles. The molecule has 1 aromatic heterocycles. The van der Waals surface area contributed by atoms with Gasteiger partial charge in [-0.1, -0.05) is 24.3 Å². The molecule has 1 atom stereocenters. The third-order valence-electron chi connectivity index (χ3n) is 4.35. The van der Waals surface area contributed by atoms with Crippen LogP contribution in [0.1, 0.15) is 30.0 Å². The van der Waals surface area contributed by atoms with Crippen LogP contribution >= 0.6 is 0 Å². The Morgan fingerprint density at radius 3 is 3.00 bits per heavy atom. The molecule has 4 nitrogen and oxygen atoms in total. The molecule has 1 aliphatic rings. The van der Waals surface area contributed by atoms with Crippen LogP contribution in [0.15, 0.2) is 43.0 Å². The van der Waals surface area contributed by atoms with Crippen LogP contribution in [0, 0.1) is 0 Å². The Kier molecular flexibility index (Phi) is 4.68. The van der Waals surface area contributed by atoms with Gasteiger partial charge >= 0.3 is 0 Å². The van der Waals surface area contributed by atoms with Crippen molar-refractivity contribution in [2.24, 2.45) is 0 Å². The number of fused-ring (bicyclic) bond motifs is 1. The summed E-state index contributed by atoms with van der Waals surface area (Å²) in [7, 11) is 0. The second-order valence-corrected chi connectivity index (χ2v) is 5.67. The average molecular weight is 285 g/mol. The number of aliphatic hydroxyl groups is 1. The lowest BCUT2D eigenvalue weighted by Crippen LogP contribution is -2.32. The number of rotatable bonds is 7. The van der Waals surface area contributed by atoms with Crippen molar-refractivity contribution in [1.29, 1.82) is 0 Å². The molecule has 3 rings (SSSR count). The van der Waals surface area contributed by atoms with E-state index in [1.54, 1.807) is 0 Å². The standard InChI is InChI=1S/C17H23N3O/c21-13-12-20(10-3-9-19-11-8-18-14-19)17-7-6-15-4-1-2-5-16(15)17/h1-2,4-5,8,11,14,17,21H,3,6-7,9-10,12-13H2. The van der Waals surface area contributed by atoms with E-state index < -0.39 is 0 Å². The molecular formula is C17H23N3O. The first kappa shape index (κ1) is 14.3. The molecule has 0 fully saturated rings. The quantitative estimate of drug-likeness (QED) is 0.848. The molecule has 0 bridgehead atoms. The highest BCUT2D eigenvalue weighted by molar-refractivity contribution is 5.34. The summed E-state index contributed by atoms with van der Waals surface area (Å²) in [6.07, 6.45) is 9.09. The van der Waals surface area contributed by atoms with Crippen molar-refractivity contribution >= 4 is 0 Å². The molecule has 0 saturated heterocycles. The second kappa shape index (κ2) is 6.87. The highest BCUT2D eigenvalue weighted by Crippen LogP contribution is 2.35. The fraction of sp³-hybridized carbons (Fsp3) is 0.471. The minimum atomic E-state index is 0.226. The van der Waals surface area contributed by atoms with Crippen LogP contribution < -0.4 is 0 Å². The van der Waals surface area contributed by atoms with E-state index in [0.717, 1.165) is 32.5 Å². The van der Waals surface area contributed by atoms with Crippen molar-refractivity contribution in [3.63, 3.8) is 0 Å². The Hall–Kier alpha value is -1.65. The van der Waals surface area contributed by atoms with E-state index in [0.29, 0.717) is 6.04 Å². The van der Waals surface area contributed by atoms with Gasteiger partial charge in [-0.2, -0.15) is 0 Å². The van der Waals surface area contributed by atoms with Gasteiger partial charge in [0, 0.05) is 38.1 Å². The Morgan fingerprint density at radius 1 is 1.29 bits per heavy atom. The summed E-state index contributed by atoms with van der Waals surface area (Å²) in [5.74, 6) is 0. The first-order chi connectivity index (χ1) is 10.4. The molecule has 0 saturated carbocycles. The van der Waals surface area contributed by atoms with Gasteiger partial charge in [-0.3, -0.25) is 4.90 Å². The zero-order valence-electron chi connectivity index (χ0n) is 12.4. The van der Waals surface area contributed by atoms with E-state index >= 15 is 0 Å². The molecule has 21 heavy (non-hydrogen) atoms. The van der Waals surface area contributed by atoms with Gasteiger partial charge in [0.05, 0.1) is 12.9 Å². The molecular weight excluding hydrogens is 262 g/mol. The van der Waals surface area contributed by atoms with Crippen molar-refractivity contribution in [1.82, 2.24) is 14.5 Å². The van der Waals surface area contributed by atoms with Crippen LogP contribution in [0.2, 0.25) is 0 Å². The molecule has 1 aliphatic carbocycles. The van der Waals surface area contributed by atoms with Crippen LogP contribution in [0.5, 0.6) is 0 Å². The summed E-state index contributed by atoms with van der Waals surface area (Å²) in [6.45, 7) is 2.97. The van der Waals surface area contributed by atoms with Crippen molar-refractivity contribution < 1.29 is 5.11 Å². The fourth-order valence-electron chi connectivity index (χ4n) is 3.34. The number of hydrogen-bond acceptors (Lipinski definition) is 3. The Bertz CT molecular complexity index is 553. The Balaban J connectivity index is 1.62. The number of hydrogen-bond donors (Lipinski definition) is 1. The van der Waals surface area contributed by atoms with Crippen molar-refractivity contribution in [3.05, 3.63) is 54.1 Å². The predicted octanol–water partition coefficient (Wildman–Crippen LogP) is 2.25. The maximum absolute atomic E-state index is 9.37. The van der Waals surface area contributed by atoms with Gasteiger partial charge in [-0.25, -0.2) is 4.98 Å². The lowest BCUT2D eigenvalue weighted by Gasteiger charge is -2.29. The van der Waals surface area contributed by atoms with Gasteiger partial charge in [-0.05, 0) is 30.4 Å². The first-order valence-electron chi connectivity index (χ1n) is 7.77. The minimum Gasteiger partial charge on any atom is -0.395 e. The van der Waals surface area contributed by atoms with Crippen LogP contribution in [-0.2, 0) is 13.0 Å². The third-order valence-corrected chi connectivity index (χ3v) is 4.35. The number of aliphatic hydroxyl groups excluding tert-OH is 1. The number of nitrogens with zero attached hydrogens (tertiary/aromatic N) is 3. The van der Waals surface area contributed by atoms with Crippen LogP contribution in [-0.4, -0.2) is 39.3 Å². The fourth-order valence-corrected chi connectivity index (χ4v) is 3.34. The Morgan fingerprint density at radius 2 is 2.19 bits per heavy atom. The molecule has 112 valence electrons. The molecule has 1 unspecified atom stereocenters. The van der Waals surface area contributed by atoms with E-state index in [9.17, 15) is 5.11 Å². The summed E-state index contributed by atoms with van der Waals surface area (Å²) < 4.78 is 2.11. The number of imidazole rings is 1. The van der Waals surface area contributed by atoms with Gasteiger partial charge in [0.1, 0.15) is 0 Å². The van der Waals surface area contributed by atoms with Crippen molar-refractivity contribution in [2.45, 2.75) is 31.8 Å². The van der Waals surface area contributed by atoms with Crippen LogP contribution in [0.4, 0.5) is 0 Å². The molecule has 2 aromatic rings. The smallest absolute Gasteiger partial charge is 0.0945 e. The van der Waals surface area contributed by atoms with E-state index in [1.807, 2.05) is 18.7 Å². The van der Waals surface area contributed by atoms with Crippen molar-refractivity contribution in [3.8, 4) is 0 Å². The predicted molar refractivity (Wildman–Crippen MR) is 83.0 cm³/mol.